The van der Waals surface area contributed by atoms with Gasteiger partial charge in [0, 0.05) is 24.6 Å². The first kappa shape index (κ1) is 12.8. The van der Waals surface area contributed by atoms with Crippen LogP contribution in [0.1, 0.15) is 5.69 Å². The first-order chi connectivity index (χ1) is 9.11. The Morgan fingerprint density at radius 2 is 2.05 bits per heavy atom. The zero-order valence-corrected chi connectivity index (χ0v) is 10.3. The molecule has 0 spiro atoms. The number of aromatic nitrogens is 1. The van der Waals surface area contributed by atoms with Crippen molar-refractivity contribution in [2.24, 2.45) is 10.9 Å². The van der Waals surface area contributed by atoms with Gasteiger partial charge in [-0.05, 0) is 30.3 Å². The Hall–Kier alpha value is -2.63. The molecule has 0 bridgehead atoms. The highest BCUT2D eigenvalue weighted by atomic mass is 19.1. The normalized spacial score (nSPS) is 11.4. The highest BCUT2D eigenvalue weighted by Crippen LogP contribution is 2.23. The summed E-state index contributed by atoms with van der Waals surface area (Å²) in [6.07, 6.45) is 1.54. The molecule has 0 amide bonds. The smallest absolute Gasteiger partial charge is 0.188 e. The van der Waals surface area contributed by atoms with Gasteiger partial charge in [0.2, 0.25) is 0 Å². The predicted molar refractivity (Wildman–Crippen MR) is 71.2 cm³/mol. The van der Waals surface area contributed by atoms with E-state index >= 15 is 0 Å². The third-order valence-electron chi connectivity index (χ3n) is 2.70. The van der Waals surface area contributed by atoms with Crippen LogP contribution in [0, 0.1) is 5.82 Å². The molecule has 2 rings (SSSR count). The van der Waals surface area contributed by atoms with Gasteiger partial charge in [-0.15, -0.1) is 0 Å². The van der Waals surface area contributed by atoms with E-state index in [-0.39, 0.29) is 11.7 Å². The number of hydrogen-bond acceptors (Lipinski definition) is 4. The molecule has 98 valence electrons. The molecule has 0 atom stereocenters. The third-order valence-corrected chi connectivity index (χ3v) is 2.70. The second kappa shape index (κ2) is 5.34. The average Bonchev–Trinajstić information content (AvgIpc) is 2.45. The molecule has 0 unspecified atom stereocenters. The summed E-state index contributed by atoms with van der Waals surface area (Å²) in [5, 5.41) is 11.5. The summed E-state index contributed by atoms with van der Waals surface area (Å²) in [6.45, 7) is 0. The lowest BCUT2D eigenvalue weighted by Gasteiger charge is -2.19. The van der Waals surface area contributed by atoms with Crippen molar-refractivity contribution >= 4 is 17.2 Å². The van der Waals surface area contributed by atoms with Gasteiger partial charge in [0.1, 0.15) is 11.5 Å². The van der Waals surface area contributed by atoms with Crippen molar-refractivity contribution < 1.29 is 9.60 Å². The fourth-order valence-corrected chi connectivity index (χ4v) is 1.65. The van der Waals surface area contributed by atoms with E-state index < -0.39 is 0 Å². The topological polar surface area (TPSA) is 74.7 Å². The molecule has 1 aromatic carbocycles. The second-order valence-electron chi connectivity index (χ2n) is 3.92. The molecular weight excluding hydrogens is 247 g/mol. The fraction of sp³-hybridized carbons (Fsp3) is 0.0769. The van der Waals surface area contributed by atoms with Gasteiger partial charge in [-0.2, -0.15) is 0 Å². The summed E-state index contributed by atoms with van der Waals surface area (Å²) >= 11 is 0. The number of hydrogen-bond donors (Lipinski definition) is 2. The molecule has 0 aliphatic heterocycles. The quantitative estimate of drug-likeness (QED) is 0.383. The van der Waals surface area contributed by atoms with E-state index in [1.165, 1.54) is 12.1 Å². The molecule has 3 N–H and O–H groups in total. The average molecular weight is 260 g/mol. The van der Waals surface area contributed by atoms with Crippen LogP contribution in [0.3, 0.4) is 0 Å². The van der Waals surface area contributed by atoms with Gasteiger partial charge in [-0.1, -0.05) is 11.2 Å². The maximum absolute atomic E-state index is 13.2. The number of rotatable bonds is 3. The van der Waals surface area contributed by atoms with Crippen LogP contribution in [-0.2, 0) is 0 Å². The standard InChI is InChI=1S/C13H13FN4O/c1-18(10-4-2-3-9(14)7-10)11-5-6-16-12(8-11)13(15)17-19/h2-8,19H,1H3,(H2,15,17). The Balaban J connectivity index is 2.36. The van der Waals surface area contributed by atoms with Crippen molar-refractivity contribution in [2.75, 3.05) is 11.9 Å². The summed E-state index contributed by atoms with van der Waals surface area (Å²) in [5.74, 6) is -0.385. The van der Waals surface area contributed by atoms with Crippen LogP contribution in [0.15, 0.2) is 47.8 Å². The summed E-state index contributed by atoms with van der Waals surface area (Å²) < 4.78 is 13.2. The Kier molecular flexibility index (Phi) is 3.61. The molecular formula is C13H13FN4O. The van der Waals surface area contributed by atoms with Crippen molar-refractivity contribution in [3.05, 3.63) is 54.1 Å². The summed E-state index contributed by atoms with van der Waals surface area (Å²) in [6, 6.07) is 9.62. The molecule has 1 heterocycles. The number of anilines is 2. The van der Waals surface area contributed by atoms with E-state index in [1.54, 1.807) is 42.4 Å². The highest BCUT2D eigenvalue weighted by Gasteiger charge is 2.08. The zero-order chi connectivity index (χ0) is 13.8. The predicted octanol–water partition coefficient (Wildman–Crippen LogP) is 2.08. The largest absolute Gasteiger partial charge is 0.409 e. The Morgan fingerprint density at radius 1 is 1.32 bits per heavy atom. The lowest BCUT2D eigenvalue weighted by molar-refractivity contribution is 0.318. The van der Waals surface area contributed by atoms with Crippen molar-refractivity contribution in [3.63, 3.8) is 0 Å². The minimum Gasteiger partial charge on any atom is -0.409 e. The minimum absolute atomic E-state index is 0.0745. The van der Waals surface area contributed by atoms with Gasteiger partial charge in [0.15, 0.2) is 5.84 Å². The number of pyridine rings is 1. The molecule has 0 saturated carbocycles. The Labute approximate surface area is 109 Å². The molecule has 0 saturated heterocycles. The van der Waals surface area contributed by atoms with Crippen LogP contribution in [0.2, 0.25) is 0 Å². The fourth-order valence-electron chi connectivity index (χ4n) is 1.65. The molecule has 0 aliphatic rings. The van der Waals surface area contributed by atoms with E-state index in [9.17, 15) is 4.39 Å². The van der Waals surface area contributed by atoms with Crippen molar-refractivity contribution in [1.29, 1.82) is 0 Å². The van der Waals surface area contributed by atoms with Crippen LogP contribution in [-0.4, -0.2) is 23.1 Å². The van der Waals surface area contributed by atoms with Crippen LogP contribution < -0.4 is 10.6 Å². The van der Waals surface area contributed by atoms with E-state index in [4.69, 9.17) is 10.9 Å². The number of nitrogens with two attached hydrogens (primary N) is 1. The zero-order valence-electron chi connectivity index (χ0n) is 10.3. The van der Waals surface area contributed by atoms with Crippen LogP contribution in [0.4, 0.5) is 15.8 Å². The molecule has 1 aromatic heterocycles. The molecule has 0 aliphatic carbocycles. The lowest BCUT2D eigenvalue weighted by atomic mass is 10.2. The summed E-state index contributed by atoms with van der Waals surface area (Å²) in [5.41, 5.74) is 7.28. The Morgan fingerprint density at radius 3 is 2.74 bits per heavy atom. The van der Waals surface area contributed by atoms with Crippen molar-refractivity contribution in [3.8, 4) is 0 Å². The second-order valence-corrected chi connectivity index (χ2v) is 3.92. The van der Waals surface area contributed by atoms with E-state index in [2.05, 4.69) is 10.1 Å². The van der Waals surface area contributed by atoms with E-state index in [0.29, 0.717) is 11.4 Å². The maximum atomic E-state index is 13.2. The van der Waals surface area contributed by atoms with Crippen LogP contribution >= 0.6 is 0 Å². The van der Waals surface area contributed by atoms with Gasteiger partial charge in [0.25, 0.3) is 0 Å². The van der Waals surface area contributed by atoms with Crippen LogP contribution in [0.5, 0.6) is 0 Å². The number of amidine groups is 1. The van der Waals surface area contributed by atoms with E-state index in [1.807, 2.05) is 0 Å². The molecule has 6 heteroatoms. The molecule has 19 heavy (non-hydrogen) atoms. The molecule has 0 fully saturated rings. The summed E-state index contributed by atoms with van der Waals surface area (Å²) in [7, 11) is 1.79. The third kappa shape index (κ3) is 2.79. The molecule has 2 aromatic rings. The minimum atomic E-state index is -0.310. The van der Waals surface area contributed by atoms with Crippen molar-refractivity contribution in [1.82, 2.24) is 4.98 Å². The maximum Gasteiger partial charge on any atom is 0.188 e. The SMILES string of the molecule is CN(c1cccc(F)c1)c1ccnc(C(N)=NO)c1. The lowest BCUT2D eigenvalue weighted by Crippen LogP contribution is -2.16. The van der Waals surface area contributed by atoms with Gasteiger partial charge in [0.05, 0.1) is 0 Å². The number of nitrogens with zero attached hydrogens (tertiary/aromatic N) is 3. The number of benzene rings is 1. The molecule has 5 nitrogen and oxygen atoms in total. The van der Waals surface area contributed by atoms with Gasteiger partial charge in [-0.25, -0.2) is 4.39 Å². The van der Waals surface area contributed by atoms with Crippen molar-refractivity contribution in [2.45, 2.75) is 0 Å². The Bertz CT molecular complexity index is 615. The number of oxime groups is 1. The van der Waals surface area contributed by atoms with Crippen LogP contribution in [0.25, 0.3) is 0 Å². The first-order valence-corrected chi connectivity index (χ1v) is 5.55. The van der Waals surface area contributed by atoms with Gasteiger partial charge >= 0.3 is 0 Å². The highest BCUT2D eigenvalue weighted by molar-refractivity contribution is 5.96. The molecule has 0 radical (unpaired) electrons. The van der Waals surface area contributed by atoms with Gasteiger partial charge in [-0.3, -0.25) is 4.98 Å². The summed E-state index contributed by atoms with van der Waals surface area (Å²) in [4.78, 5) is 5.76. The van der Waals surface area contributed by atoms with Gasteiger partial charge < -0.3 is 15.8 Å². The van der Waals surface area contributed by atoms with E-state index in [0.717, 1.165) is 5.69 Å². The first-order valence-electron chi connectivity index (χ1n) is 5.55. The monoisotopic (exact) mass is 260 g/mol. The number of halogens is 1.